The third-order valence-electron chi connectivity index (χ3n) is 3.77. The van der Waals surface area contributed by atoms with Crippen LogP contribution in [0.25, 0.3) is 11.3 Å². The zero-order valence-electron chi connectivity index (χ0n) is 14.8. The Morgan fingerprint density at radius 1 is 1.11 bits per heavy atom. The summed E-state index contributed by atoms with van der Waals surface area (Å²) < 4.78 is 11.8. The van der Waals surface area contributed by atoms with Crippen LogP contribution >= 0.6 is 27.3 Å². The second kappa shape index (κ2) is 9.53. The molecule has 5 nitrogen and oxygen atoms in total. The van der Waals surface area contributed by atoms with Gasteiger partial charge in [-0.3, -0.25) is 4.79 Å². The lowest BCUT2D eigenvalue weighted by atomic mass is 10.2. The molecule has 0 radical (unpaired) electrons. The van der Waals surface area contributed by atoms with Crippen LogP contribution < -0.4 is 14.8 Å². The van der Waals surface area contributed by atoms with Crippen LogP contribution in [0, 0.1) is 0 Å². The van der Waals surface area contributed by atoms with Gasteiger partial charge in [0, 0.05) is 21.8 Å². The molecule has 2 aromatic carbocycles. The number of hydrogen-bond donors (Lipinski definition) is 1. The van der Waals surface area contributed by atoms with Gasteiger partial charge in [0.25, 0.3) is 0 Å². The zero-order chi connectivity index (χ0) is 19.1. The normalized spacial score (nSPS) is 10.4. The fraction of sp³-hybridized carbons (Fsp3) is 0.200. The molecule has 0 unspecified atom stereocenters. The van der Waals surface area contributed by atoms with Crippen molar-refractivity contribution in [1.29, 1.82) is 0 Å². The van der Waals surface area contributed by atoms with Gasteiger partial charge in [-0.25, -0.2) is 4.98 Å². The Morgan fingerprint density at radius 2 is 1.81 bits per heavy atom. The third-order valence-corrected chi connectivity index (χ3v) is 5.05. The van der Waals surface area contributed by atoms with Gasteiger partial charge in [0.05, 0.1) is 19.4 Å². The molecule has 1 N–H and O–H groups in total. The molecule has 0 saturated heterocycles. The smallest absolute Gasteiger partial charge is 0.226 e. The van der Waals surface area contributed by atoms with Gasteiger partial charge in [0.2, 0.25) is 5.91 Å². The summed E-state index contributed by atoms with van der Waals surface area (Å²) in [5.41, 5.74) is 1.81. The molecule has 0 aliphatic rings. The van der Waals surface area contributed by atoms with E-state index < -0.39 is 0 Å². The number of nitrogens with zero attached hydrogens (tertiary/aromatic N) is 1. The molecule has 1 amide bonds. The van der Waals surface area contributed by atoms with Crippen molar-refractivity contribution in [1.82, 2.24) is 4.98 Å². The molecule has 0 atom stereocenters. The molecule has 0 aliphatic carbocycles. The molecular formula is C20H19BrN2O3S. The Labute approximate surface area is 170 Å². The first-order chi connectivity index (χ1) is 13.1. The average molecular weight is 447 g/mol. The fourth-order valence-corrected chi connectivity index (χ4v) is 3.36. The number of hydrogen-bond acceptors (Lipinski definition) is 5. The minimum absolute atomic E-state index is 0.0648. The summed E-state index contributed by atoms with van der Waals surface area (Å²) in [7, 11) is 1.63. The van der Waals surface area contributed by atoms with Crippen molar-refractivity contribution in [3.8, 4) is 22.8 Å². The van der Waals surface area contributed by atoms with Crippen molar-refractivity contribution < 1.29 is 14.3 Å². The van der Waals surface area contributed by atoms with Crippen molar-refractivity contribution >= 4 is 38.3 Å². The fourth-order valence-electron chi connectivity index (χ4n) is 2.36. The minimum atomic E-state index is -0.0648. The van der Waals surface area contributed by atoms with Crippen LogP contribution in [0.3, 0.4) is 0 Å². The number of methoxy groups -OCH3 is 1. The standard InChI is InChI=1S/C20H19BrN2O3S/c1-25-16-8-4-14(5-9-16)18-13-27-20(22-18)23-19(24)3-2-12-26-17-10-6-15(21)7-11-17/h4-11,13H,2-3,12H2,1H3,(H,22,23,24). The van der Waals surface area contributed by atoms with Crippen LogP contribution in [0.15, 0.2) is 58.4 Å². The van der Waals surface area contributed by atoms with Gasteiger partial charge in [-0.05, 0) is 55.0 Å². The number of carbonyl (C=O) groups is 1. The predicted octanol–water partition coefficient (Wildman–Crippen LogP) is 5.38. The number of amides is 1. The number of nitrogens with one attached hydrogen (secondary N) is 1. The van der Waals surface area contributed by atoms with E-state index in [1.807, 2.05) is 53.9 Å². The van der Waals surface area contributed by atoms with Crippen LogP contribution in [0.5, 0.6) is 11.5 Å². The first-order valence-electron chi connectivity index (χ1n) is 8.42. The predicted molar refractivity (Wildman–Crippen MR) is 112 cm³/mol. The number of aromatic nitrogens is 1. The van der Waals surface area contributed by atoms with Gasteiger partial charge >= 0.3 is 0 Å². The summed E-state index contributed by atoms with van der Waals surface area (Å²) >= 11 is 4.79. The summed E-state index contributed by atoms with van der Waals surface area (Å²) in [5, 5.41) is 5.36. The van der Waals surface area contributed by atoms with E-state index in [-0.39, 0.29) is 5.91 Å². The number of carbonyl (C=O) groups excluding carboxylic acids is 1. The maximum absolute atomic E-state index is 12.1. The number of anilines is 1. The molecule has 0 saturated carbocycles. The molecule has 0 fully saturated rings. The highest BCUT2D eigenvalue weighted by molar-refractivity contribution is 9.10. The highest BCUT2D eigenvalue weighted by Crippen LogP contribution is 2.26. The molecular weight excluding hydrogens is 428 g/mol. The first-order valence-corrected chi connectivity index (χ1v) is 10.1. The molecule has 0 bridgehead atoms. The van der Waals surface area contributed by atoms with Crippen molar-refractivity contribution in [3.63, 3.8) is 0 Å². The van der Waals surface area contributed by atoms with Crippen molar-refractivity contribution in [3.05, 3.63) is 58.4 Å². The topological polar surface area (TPSA) is 60.5 Å². The lowest BCUT2D eigenvalue weighted by molar-refractivity contribution is -0.116. The molecule has 0 aliphatic heterocycles. The summed E-state index contributed by atoms with van der Waals surface area (Å²) in [6, 6.07) is 15.3. The summed E-state index contributed by atoms with van der Waals surface area (Å²) in [4.78, 5) is 16.5. The van der Waals surface area contributed by atoms with E-state index in [2.05, 4.69) is 26.2 Å². The van der Waals surface area contributed by atoms with E-state index in [0.29, 0.717) is 24.6 Å². The van der Waals surface area contributed by atoms with E-state index in [0.717, 1.165) is 27.2 Å². The van der Waals surface area contributed by atoms with Crippen LogP contribution in [0.4, 0.5) is 5.13 Å². The van der Waals surface area contributed by atoms with Crippen molar-refractivity contribution in [2.24, 2.45) is 0 Å². The van der Waals surface area contributed by atoms with Crippen LogP contribution in [-0.4, -0.2) is 24.6 Å². The Morgan fingerprint density at radius 3 is 2.52 bits per heavy atom. The molecule has 3 rings (SSSR count). The summed E-state index contributed by atoms with van der Waals surface area (Å²) in [5.74, 6) is 1.53. The molecule has 140 valence electrons. The Hall–Kier alpha value is -2.38. The highest BCUT2D eigenvalue weighted by atomic mass is 79.9. The molecule has 27 heavy (non-hydrogen) atoms. The number of ether oxygens (including phenoxy) is 2. The second-order valence-electron chi connectivity index (χ2n) is 5.72. The van der Waals surface area contributed by atoms with Gasteiger partial charge in [0.1, 0.15) is 11.5 Å². The molecule has 7 heteroatoms. The maximum Gasteiger partial charge on any atom is 0.226 e. The van der Waals surface area contributed by atoms with E-state index in [1.165, 1.54) is 11.3 Å². The lowest BCUT2D eigenvalue weighted by Crippen LogP contribution is -2.12. The molecule has 3 aromatic rings. The highest BCUT2D eigenvalue weighted by Gasteiger charge is 2.08. The van der Waals surface area contributed by atoms with Gasteiger partial charge in [-0.15, -0.1) is 11.3 Å². The zero-order valence-corrected chi connectivity index (χ0v) is 17.2. The number of halogens is 1. The van der Waals surface area contributed by atoms with Crippen LogP contribution in [-0.2, 0) is 4.79 Å². The SMILES string of the molecule is COc1ccc(-c2csc(NC(=O)CCCOc3ccc(Br)cc3)n2)cc1. The Kier molecular flexibility index (Phi) is 6.84. The van der Waals surface area contributed by atoms with Gasteiger partial charge in [-0.2, -0.15) is 0 Å². The summed E-state index contributed by atoms with van der Waals surface area (Å²) in [6.45, 7) is 0.490. The summed E-state index contributed by atoms with van der Waals surface area (Å²) in [6.07, 6.45) is 1.02. The number of thiazole rings is 1. The number of benzene rings is 2. The Bertz CT molecular complexity index is 879. The number of rotatable bonds is 8. The molecule has 1 aromatic heterocycles. The first kappa shape index (κ1) is 19.4. The molecule has 1 heterocycles. The van der Waals surface area contributed by atoms with Crippen LogP contribution in [0.2, 0.25) is 0 Å². The van der Waals surface area contributed by atoms with Crippen LogP contribution in [0.1, 0.15) is 12.8 Å². The van der Waals surface area contributed by atoms with E-state index >= 15 is 0 Å². The maximum atomic E-state index is 12.1. The van der Waals surface area contributed by atoms with Gasteiger partial charge in [0.15, 0.2) is 5.13 Å². The second-order valence-corrected chi connectivity index (χ2v) is 7.49. The Balaban J connectivity index is 1.44. The van der Waals surface area contributed by atoms with E-state index in [4.69, 9.17) is 9.47 Å². The van der Waals surface area contributed by atoms with E-state index in [9.17, 15) is 4.79 Å². The minimum Gasteiger partial charge on any atom is -0.497 e. The van der Waals surface area contributed by atoms with Crippen molar-refractivity contribution in [2.75, 3.05) is 19.0 Å². The largest absolute Gasteiger partial charge is 0.497 e. The third kappa shape index (κ3) is 5.80. The molecule has 0 spiro atoms. The van der Waals surface area contributed by atoms with Crippen molar-refractivity contribution in [2.45, 2.75) is 12.8 Å². The lowest BCUT2D eigenvalue weighted by Gasteiger charge is -2.06. The van der Waals surface area contributed by atoms with E-state index in [1.54, 1.807) is 7.11 Å². The monoisotopic (exact) mass is 446 g/mol. The van der Waals surface area contributed by atoms with Gasteiger partial charge in [-0.1, -0.05) is 15.9 Å². The average Bonchev–Trinajstić information content (AvgIpc) is 3.15. The van der Waals surface area contributed by atoms with Gasteiger partial charge < -0.3 is 14.8 Å². The quantitative estimate of drug-likeness (QED) is 0.471.